The Morgan fingerprint density at radius 3 is 2.15 bits per heavy atom. The first-order chi connectivity index (χ1) is 9.49. The lowest BCUT2D eigenvalue weighted by Crippen LogP contribution is -1.99. The summed E-state index contributed by atoms with van der Waals surface area (Å²) >= 11 is 5.70. The molecule has 0 aliphatic heterocycles. The van der Waals surface area contributed by atoms with E-state index in [1.807, 2.05) is 0 Å². The van der Waals surface area contributed by atoms with Gasteiger partial charge in [0.15, 0.2) is 15.6 Å². The van der Waals surface area contributed by atoms with Crippen LogP contribution in [0.1, 0.15) is 10.4 Å². The van der Waals surface area contributed by atoms with Gasteiger partial charge in [-0.1, -0.05) is 41.9 Å². The van der Waals surface area contributed by atoms with Crippen LogP contribution in [0, 0.1) is 0 Å². The molecule has 20 heavy (non-hydrogen) atoms. The van der Waals surface area contributed by atoms with Gasteiger partial charge < -0.3 is 0 Å². The maximum atomic E-state index is 12.0. The van der Waals surface area contributed by atoms with Gasteiger partial charge in [0.1, 0.15) is 0 Å². The zero-order valence-electron chi connectivity index (χ0n) is 10.4. The Kier molecular flexibility index (Phi) is 4.37. The fourth-order valence-electron chi connectivity index (χ4n) is 1.55. The van der Waals surface area contributed by atoms with E-state index in [-0.39, 0.29) is 10.7 Å². The Morgan fingerprint density at radius 2 is 1.55 bits per heavy atom. The lowest BCUT2D eigenvalue weighted by atomic mass is 10.1. The van der Waals surface area contributed by atoms with Crippen molar-refractivity contribution in [3.05, 3.63) is 76.7 Å². The van der Waals surface area contributed by atoms with E-state index >= 15 is 0 Å². The lowest BCUT2D eigenvalue weighted by molar-refractivity contribution is 0.104. The Bertz CT molecular complexity index is 732. The van der Waals surface area contributed by atoms with Crippen molar-refractivity contribution in [1.82, 2.24) is 0 Å². The van der Waals surface area contributed by atoms with Gasteiger partial charge in [0.05, 0.1) is 4.90 Å². The van der Waals surface area contributed by atoms with Crippen LogP contribution in [-0.4, -0.2) is 14.2 Å². The van der Waals surface area contributed by atoms with Gasteiger partial charge in [0.2, 0.25) is 0 Å². The van der Waals surface area contributed by atoms with Crippen molar-refractivity contribution >= 4 is 27.2 Å². The monoisotopic (exact) mass is 306 g/mol. The van der Waals surface area contributed by atoms with Crippen molar-refractivity contribution in [2.45, 2.75) is 4.90 Å². The normalized spacial score (nSPS) is 11.7. The molecule has 0 unspecified atom stereocenters. The molecule has 0 heterocycles. The summed E-state index contributed by atoms with van der Waals surface area (Å²) in [7, 11) is -3.64. The van der Waals surface area contributed by atoms with Gasteiger partial charge in [0.25, 0.3) is 0 Å². The molecule has 3 nitrogen and oxygen atoms in total. The molecule has 102 valence electrons. The van der Waals surface area contributed by atoms with E-state index in [1.54, 1.807) is 30.3 Å². The number of hydrogen-bond donors (Lipinski definition) is 0. The summed E-state index contributed by atoms with van der Waals surface area (Å²) in [6.07, 6.45) is 1.05. The molecule has 0 radical (unpaired) electrons. The summed E-state index contributed by atoms with van der Waals surface area (Å²) in [5, 5.41) is 1.36. The van der Waals surface area contributed by atoms with E-state index < -0.39 is 9.84 Å². The van der Waals surface area contributed by atoms with Gasteiger partial charge in [-0.05, 0) is 30.3 Å². The number of ketones is 1. The summed E-state index contributed by atoms with van der Waals surface area (Å²) in [4.78, 5) is 11.9. The van der Waals surface area contributed by atoms with E-state index in [9.17, 15) is 13.2 Å². The smallest absolute Gasteiger partial charge is 0.199 e. The molecular weight excluding hydrogens is 296 g/mol. The quantitative estimate of drug-likeness (QED) is 0.641. The van der Waals surface area contributed by atoms with Crippen LogP contribution in [0.4, 0.5) is 0 Å². The van der Waals surface area contributed by atoms with E-state index in [0.29, 0.717) is 10.6 Å². The zero-order chi connectivity index (χ0) is 14.6. The van der Waals surface area contributed by atoms with Gasteiger partial charge in [-0.2, -0.15) is 0 Å². The molecule has 0 amide bonds. The summed E-state index contributed by atoms with van der Waals surface area (Å²) in [6, 6.07) is 14.2. The average molecular weight is 307 g/mol. The molecule has 0 atom stereocenters. The largest absolute Gasteiger partial charge is 0.289 e. The topological polar surface area (TPSA) is 51.2 Å². The Balaban J connectivity index is 2.22. The first-order valence-electron chi connectivity index (χ1n) is 5.77. The van der Waals surface area contributed by atoms with Gasteiger partial charge in [-0.15, -0.1) is 0 Å². The highest BCUT2D eigenvalue weighted by Gasteiger charge is 2.11. The number of carbonyl (C=O) groups excluding carboxylic acids is 1. The van der Waals surface area contributed by atoms with Crippen LogP contribution >= 0.6 is 11.6 Å². The van der Waals surface area contributed by atoms with Crippen LogP contribution in [0.25, 0.3) is 0 Å². The predicted octanol–water partition coefficient (Wildman–Crippen LogP) is 3.51. The zero-order valence-corrected chi connectivity index (χ0v) is 11.9. The van der Waals surface area contributed by atoms with E-state index in [1.165, 1.54) is 24.3 Å². The number of hydrogen-bond acceptors (Lipinski definition) is 3. The van der Waals surface area contributed by atoms with Crippen LogP contribution < -0.4 is 0 Å². The van der Waals surface area contributed by atoms with Gasteiger partial charge in [-0.3, -0.25) is 4.79 Å². The summed E-state index contributed by atoms with van der Waals surface area (Å²) in [6.45, 7) is 0. The van der Waals surface area contributed by atoms with Crippen molar-refractivity contribution in [1.29, 1.82) is 0 Å². The minimum atomic E-state index is -3.64. The molecule has 5 heteroatoms. The van der Waals surface area contributed by atoms with Crippen molar-refractivity contribution in [2.24, 2.45) is 0 Å². The van der Waals surface area contributed by atoms with Crippen LogP contribution in [0.3, 0.4) is 0 Å². The molecule has 0 fully saturated rings. The van der Waals surface area contributed by atoms with Gasteiger partial charge >= 0.3 is 0 Å². The molecular formula is C15H11ClO3S. The molecule has 0 saturated heterocycles. The highest BCUT2D eigenvalue weighted by atomic mass is 35.5. The molecule has 0 aliphatic rings. The fraction of sp³-hybridized carbons (Fsp3) is 0. The molecule has 2 aromatic carbocycles. The van der Waals surface area contributed by atoms with E-state index in [2.05, 4.69) is 0 Å². The minimum absolute atomic E-state index is 0.0963. The third-order valence-electron chi connectivity index (χ3n) is 2.60. The highest BCUT2D eigenvalue weighted by molar-refractivity contribution is 7.94. The second-order valence-electron chi connectivity index (χ2n) is 4.03. The maximum Gasteiger partial charge on any atom is 0.199 e. The van der Waals surface area contributed by atoms with Gasteiger partial charge in [0, 0.05) is 16.0 Å². The number of rotatable bonds is 4. The molecule has 2 aromatic rings. The van der Waals surface area contributed by atoms with Crippen molar-refractivity contribution < 1.29 is 13.2 Å². The van der Waals surface area contributed by atoms with Crippen LogP contribution in [-0.2, 0) is 9.84 Å². The Morgan fingerprint density at radius 1 is 0.950 bits per heavy atom. The predicted molar refractivity (Wildman–Crippen MR) is 78.6 cm³/mol. The number of carbonyl (C=O) groups is 1. The van der Waals surface area contributed by atoms with E-state index in [4.69, 9.17) is 11.6 Å². The number of sulfone groups is 1. The lowest BCUT2D eigenvalue weighted by Gasteiger charge is -1.99. The molecule has 0 aromatic heterocycles. The summed E-state index contributed by atoms with van der Waals surface area (Å²) in [5.41, 5.74) is 0.440. The van der Waals surface area contributed by atoms with Crippen molar-refractivity contribution in [2.75, 3.05) is 0 Å². The molecule has 0 spiro atoms. The summed E-state index contributed by atoms with van der Waals surface area (Å²) < 4.78 is 24.0. The average Bonchev–Trinajstić information content (AvgIpc) is 2.46. The van der Waals surface area contributed by atoms with Crippen LogP contribution in [0.5, 0.6) is 0 Å². The number of benzene rings is 2. The SMILES string of the molecule is O=C(C=CS(=O)(=O)c1ccc(Cl)cc1)c1ccccc1. The Labute approximate surface area is 122 Å². The second-order valence-corrected chi connectivity index (χ2v) is 6.30. The highest BCUT2D eigenvalue weighted by Crippen LogP contribution is 2.16. The molecule has 0 aliphatic carbocycles. The maximum absolute atomic E-state index is 12.0. The number of allylic oxidation sites excluding steroid dienone is 1. The first-order valence-corrected chi connectivity index (χ1v) is 7.69. The first kappa shape index (κ1) is 14.5. The molecule has 0 bridgehead atoms. The van der Waals surface area contributed by atoms with Crippen LogP contribution in [0.15, 0.2) is 71.0 Å². The third kappa shape index (κ3) is 3.56. The molecule has 2 rings (SSSR count). The van der Waals surface area contributed by atoms with Crippen molar-refractivity contribution in [3.8, 4) is 0 Å². The minimum Gasteiger partial charge on any atom is -0.289 e. The van der Waals surface area contributed by atoms with Gasteiger partial charge in [-0.25, -0.2) is 8.42 Å². The molecule has 0 saturated carbocycles. The number of halogens is 1. The van der Waals surface area contributed by atoms with Crippen LogP contribution in [0.2, 0.25) is 5.02 Å². The third-order valence-corrected chi connectivity index (χ3v) is 4.27. The van der Waals surface area contributed by atoms with E-state index in [0.717, 1.165) is 11.5 Å². The molecule has 0 N–H and O–H groups in total. The Hall–Kier alpha value is -1.91. The summed E-state index contributed by atoms with van der Waals surface area (Å²) in [5.74, 6) is -0.358. The standard InChI is InChI=1S/C15H11ClO3S/c16-13-6-8-14(9-7-13)20(18,19)11-10-15(17)12-4-2-1-3-5-12/h1-11H. The second kappa shape index (κ2) is 6.03. The fourth-order valence-corrected chi connectivity index (χ4v) is 2.65. The van der Waals surface area contributed by atoms with Crippen molar-refractivity contribution in [3.63, 3.8) is 0 Å².